The van der Waals surface area contributed by atoms with Crippen molar-refractivity contribution in [2.45, 2.75) is 31.3 Å². The zero-order valence-corrected chi connectivity index (χ0v) is 16.4. The summed E-state index contributed by atoms with van der Waals surface area (Å²) in [6.07, 6.45) is 1.63. The molecule has 4 aromatic rings. The molecule has 0 aliphatic carbocycles. The van der Waals surface area contributed by atoms with Gasteiger partial charge in [0.15, 0.2) is 22.5 Å². The smallest absolute Gasteiger partial charge is 0.200 e. The van der Waals surface area contributed by atoms with Gasteiger partial charge in [0.25, 0.3) is 0 Å². The summed E-state index contributed by atoms with van der Waals surface area (Å²) in [5.41, 5.74) is 2.79. The number of hydrogen-bond acceptors (Lipinski definition) is 6. The third-order valence-electron chi connectivity index (χ3n) is 4.22. The average Bonchev–Trinajstić information content (AvgIpc) is 3.39. The van der Waals surface area contributed by atoms with E-state index in [9.17, 15) is 0 Å². The third-order valence-corrected chi connectivity index (χ3v) is 5.43. The topological polar surface area (TPSA) is 69.9 Å². The largest absolute Gasteiger partial charge is 0.461 e. The molecular weight excluding hydrogens is 384 g/mol. The van der Waals surface area contributed by atoms with Gasteiger partial charge in [-0.25, -0.2) is 0 Å². The monoisotopic (exact) mass is 400 g/mol. The normalized spacial score (nSPS) is 11.2. The number of benzene rings is 1. The van der Waals surface area contributed by atoms with Crippen LogP contribution in [0.5, 0.6) is 0 Å². The van der Waals surface area contributed by atoms with Crippen molar-refractivity contribution in [3.8, 4) is 22.9 Å². The van der Waals surface area contributed by atoms with Gasteiger partial charge < -0.3 is 8.94 Å². The number of thioether (sulfide) groups is 1. The van der Waals surface area contributed by atoms with E-state index < -0.39 is 0 Å². The van der Waals surface area contributed by atoms with Crippen LogP contribution < -0.4 is 0 Å². The Bertz CT molecular complexity index is 1060. The van der Waals surface area contributed by atoms with Crippen LogP contribution in [0.25, 0.3) is 22.9 Å². The van der Waals surface area contributed by atoms with Gasteiger partial charge in [-0.05, 0) is 38.1 Å². The molecule has 0 radical (unpaired) electrons. The van der Waals surface area contributed by atoms with E-state index in [1.165, 1.54) is 0 Å². The molecule has 6 nitrogen and oxygen atoms in total. The lowest BCUT2D eigenvalue weighted by molar-refractivity contribution is 0.426. The molecule has 4 rings (SSSR count). The molecule has 1 aromatic carbocycles. The van der Waals surface area contributed by atoms with Crippen LogP contribution in [0.4, 0.5) is 0 Å². The maximum atomic E-state index is 6.08. The molecule has 0 N–H and O–H groups in total. The first-order valence-corrected chi connectivity index (χ1v) is 9.84. The van der Waals surface area contributed by atoms with Crippen LogP contribution in [-0.2, 0) is 12.3 Å². The summed E-state index contributed by atoms with van der Waals surface area (Å²) < 4.78 is 13.0. The molecular formula is C19H17ClN4O2S. The fourth-order valence-electron chi connectivity index (χ4n) is 2.80. The van der Waals surface area contributed by atoms with Crippen molar-refractivity contribution >= 4 is 23.4 Å². The molecule has 0 unspecified atom stereocenters. The zero-order valence-electron chi connectivity index (χ0n) is 14.8. The maximum absolute atomic E-state index is 6.08. The van der Waals surface area contributed by atoms with Gasteiger partial charge in [-0.3, -0.25) is 4.57 Å². The van der Waals surface area contributed by atoms with Gasteiger partial charge in [0.1, 0.15) is 0 Å². The molecule has 0 spiro atoms. The minimum Gasteiger partial charge on any atom is -0.461 e. The minimum absolute atomic E-state index is 0.631. The van der Waals surface area contributed by atoms with Crippen LogP contribution >= 0.6 is 23.4 Å². The first-order valence-electron chi connectivity index (χ1n) is 8.48. The summed E-state index contributed by atoms with van der Waals surface area (Å²) in [7, 11) is 0. The van der Waals surface area contributed by atoms with Crippen molar-refractivity contribution in [3.05, 3.63) is 58.9 Å². The van der Waals surface area contributed by atoms with Crippen molar-refractivity contribution in [1.82, 2.24) is 19.9 Å². The molecule has 27 heavy (non-hydrogen) atoms. The number of hydrogen-bond donors (Lipinski definition) is 0. The van der Waals surface area contributed by atoms with Crippen LogP contribution in [0.2, 0.25) is 5.02 Å². The lowest BCUT2D eigenvalue weighted by atomic mass is 10.1. The van der Waals surface area contributed by atoms with Crippen LogP contribution in [-0.4, -0.2) is 19.9 Å². The van der Waals surface area contributed by atoms with Crippen molar-refractivity contribution in [2.75, 3.05) is 0 Å². The highest BCUT2D eigenvalue weighted by Gasteiger charge is 2.18. The van der Waals surface area contributed by atoms with Crippen molar-refractivity contribution in [1.29, 1.82) is 0 Å². The Morgan fingerprint density at radius 2 is 2.07 bits per heavy atom. The molecule has 0 atom stereocenters. The van der Waals surface area contributed by atoms with Crippen LogP contribution in [0.1, 0.15) is 18.2 Å². The van der Waals surface area contributed by atoms with E-state index in [1.807, 2.05) is 47.9 Å². The third kappa shape index (κ3) is 3.52. The minimum atomic E-state index is 0.631. The van der Waals surface area contributed by atoms with E-state index in [2.05, 4.69) is 22.3 Å². The molecule has 0 saturated carbocycles. The fourth-order valence-corrected chi connectivity index (χ4v) is 4.00. The predicted molar refractivity (Wildman–Crippen MR) is 105 cm³/mol. The average molecular weight is 401 g/mol. The van der Waals surface area contributed by atoms with Crippen LogP contribution in [0, 0.1) is 6.92 Å². The number of rotatable bonds is 6. The summed E-state index contributed by atoms with van der Waals surface area (Å²) >= 11 is 7.65. The van der Waals surface area contributed by atoms with Gasteiger partial charge in [-0.15, -0.1) is 10.2 Å². The summed E-state index contributed by atoms with van der Waals surface area (Å²) in [6.45, 7) is 4.80. The standard InChI is InChI=1S/C19H17ClN4O2S/c1-3-24-18(16-8-5-9-25-16)21-22-19(24)27-11-15-12(2)17(26-23-15)13-6-4-7-14(20)10-13/h4-10H,3,11H2,1-2H3. The van der Waals surface area contributed by atoms with Gasteiger partial charge in [0.05, 0.1) is 12.0 Å². The first-order chi connectivity index (χ1) is 13.2. The molecule has 0 aliphatic heterocycles. The number of aromatic nitrogens is 4. The van der Waals surface area contributed by atoms with Crippen molar-refractivity contribution < 1.29 is 8.94 Å². The highest BCUT2D eigenvalue weighted by molar-refractivity contribution is 7.98. The van der Waals surface area contributed by atoms with Gasteiger partial charge in [-0.1, -0.05) is 40.7 Å². The second kappa shape index (κ2) is 7.62. The molecule has 0 saturated heterocycles. The lowest BCUT2D eigenvalue weighted by Gasteiger charge is -2.05. The summed E-state index contributed by atoms with van der Waals surface area (Å²) in [6, 6.07) is 11.3. The molecule has 8 heteroatoms. The van der Waals surface area contributed by atoms with Crippen molar-refractivity contribution in [3.63, 3.8) is 0 Å². The molecule has 0 fully saturated rings. The highest BCUT2D eigenvalue weighted by Crippen LogP contribution is 2.31. The van der Waals surface area contributed by atoms with Gasteiger partial charge in [0, 0.05) is 28.4 Å². The Morgan fingerprint density at radius 3 is 2.81 bits per heavy atom. The fraction of sp³-hybridized carbons (Fsp3) is 0.211. The molecule has 0 bridgehead atoms. The van der Waals surface area contributed by atoms with E-state index in [-0.39, 0.29) is 0 Å². The molecule has 3 aromatic heterocycles. The number of halogens is 1. The zero-order chi connectivity index (χ0) is 18.8. The highest BCUT2D eigenvalue weighted by atomic mass is 35.5. The van der Waals surface area contributed by atoms with Crippen LogP contribution in [0.3, 0.4) is 0 Å². The van der Waals surface area contributed by atoms with Gasteiger partial charge >= 0.3 is 0 Å². The Morgan fingerprint density at radius 1 is 1.19 bits per heavy atom. The summed E-state index contributed by atoms with van der Waals surface area (Å²) in [5, 5.41) is 14.3. The Kier molecular flexibility index (Phi) is 5.05. The molecule has 0 aliphatic rings. The SMILES string of the molecule is CCn1c(SCc2noc(-c3cccc(Cl)c3)c2C)nnc1-c1ccco1. The van der Waals surface area contributed by atoms with E-state index in [0.29, 0.717) is 16.5 Å². The maximum Gasteiger partial charge on any atom is 0.200 e. The quantitative estimate of drug-likeness (QED) is 0.400. The first kappa shape index (κ1) is 17.9. The molecule has 3 heterocycles. The second-order valence-corrected chi connectivity index (χ2v) is 7.29. The summed E-state index contributed by atoms with van der Waals surface area (Å²) in [5.74, 6) is 2.80. The van der Waals surface area contributed by atoms with Gasteiger partial charge in [-0.2, -0.15) is 0 Å². The predicted octanol–water partition coefficient (Wildman–Crippen LogP) is 5.47. The Balaban J connectivity index is 1.55. The Hall–Kier alpha value is -2.51. The van der Waals surface area contributed by atoms with Gasteiger partial charge in [0.2, 0.25) is 0 Å². The Labute approximate surface area is 165 Å². The molecule has 138 valence electrons. The van der Waals surface area contributed by atoms with E-state index in [1.54, 1.807) is 18.0 Å². The summed E-state index contributed by atoms with van der Waals surface area (Å²) in [4.78, 5) is 0. The van der Waals surface area contributed by atoms with E-state index >= 15 is 0 Å². The van der Waals surface area contributed by atoms with Crippen LogP contribution in [0.15, 0.2) is 56.8 Å². The lowest BCUT2D eigenvalue weighted by Crippen LogP contribution is -1.99. The second-order valence-electron chi connectivity index (χ2n) is 5.91. The number of nitrogens with zero attached hydrogens (tertiary/aromatic N) is 4. The molecule has 0 amide bonds. The number of furan rings is 1. The van der Waals surface area contributed by atoms with Crippen molar-refractivity contribution in [2.24, 2.45) is 0 Å². The van der Waals surface area contributed by atoms with E-state index in [0.717, 1.165) is 40.1 Å². The van der Waals surface area contributed by atoms with E-state index in [4.69, 9.17) is 20.5 Å².